The molecule has 0 bridgehead atoms. The van der Waals surface area contributed by atoms with Gasteiger partial charge < -0.3 is 10.2 Å². The van der Waals surface area contributed by atoms with Crippen molar-refractivity contribution in [2.75, 3.05) is 16.8 Å². The zero-order valence-electron chi connectivity index (χ0n) is 14.9. The average molecular weight is 451 g/mol. The van der Waals surface area contributed by atoms with Crippen LogP contribution in [-0.2, 0) is 21.9 Å². The summed E-state index contributed by atoms with van der Waals surface area (Å²) in [6, 6.07) is 6.93. The highest BCUT2D eigenvalue weighted by Gasteiger charge is 2.37. The zero-order valence-corrected chi connectivity index (χ0v) is 15.7. The first-order valence-electron chi connectivity index (χ1n) is 8.51. The number of carbonyl (C=O) groups is 2. The van der Waals surface area contributed by atoms with Crippen LogP contribution < -0.4 is 10.2 Å². The molecule has 2 aromatic rings. The van der Waals surface area contributed by atoms with E-state index >= 15 is 0 Å². The average Bonchev–Trinajstić information content (AvgIpc) is 3.04. The Kier molecular flexibility index (Phi) is 5.72. The minimum absolute atomic E-state index is 0.0176. The van der Waals surface area contributed by atoms with Gasteiger partial charge in [-0.15, -0.1) is 0 Å². The highest BCUT2D eigenvalue weighted by molar-refractivity contribution is 6.31. The molecule has 0 saturated carbocycles. The molecule has 0 unspecified atom stereocenters. The van der Waals surface area contributed by atoms with Crippen LogP contribution >= 0.6 is 11.6 Å². The maximum Gasteiger partial charge on any atom is 0.417 e. The number of amides is 2. The Morgan fingerprint density at radius 1 is 1.03 bits per heavy atom. The fourth-order valence-electron chi connectivity index (χ4n) is 3.05. The van der Waals surface area contributed by atoms with Crippen LogP contribution in [0.25, 0.3) is 0 Å². The zero-order chi connectivity index (χ0) is 22.3. The summed E-state index contributed by atoms with van der Waals surface area (Å²) in [6.45, 7) is -0.203. The standard InChI is InChI=1S/C19H13ClF6N2O2/c20-15-5-4-12(8-14(15)19(24,25)26)27-17(30)10-6-16(29)28(9-10)13-3-1-2-11(7-13)18(21,22)23/h1-5,7-8,10H,6,9H2,(H,27,30)/t10-/m0/s1. The molecule has 30 heavy (non-hydrogen) atoms. The maximum atomic E-state index is 12.9. The summed E-state index contributed by atoms with van der Waals surface area (Å²) >= 11 is 5.53. The third-order valence-corrected chi connectivity index (χ3v) is 4.85. The lowest BCUT2D eigenvalue weighted by Gasteiger charge is -2.18. The van der Waals surface area contributed by atoms with E-state index in [-0.39, 0.29) is 24.3 Å². The first-order chi connectivity index (χ1) is 13.9. The van der Waals surface area contributed by atoms with Crippen molar-refractivity contribution in [2.45, 2.75) is 18.8 Å². The van der Waals surface area contributed by atoms with Crippen molar-refractivity contribution in [1.29, 1.82) is 0 Å². The smallest absolute Gasteiger partial charge is 0.326 e. The molecule has 0 spiro atoms. The highest BCUT2D eigenvalue weighted by atomic mass is 35.5. The van der Waals surface area contributed by atoms with Gasteiger partial charge in [0.2, 0.25) is 11.8 Å². The van der Waals surface area contributed by atoms with E-state index in [1.54, 1.807) is 0 Å². The Bertz CT molecular complexity index is 990. The molecule has 1 fully saturated rings. The molecule has 1 heterocycles. The van der Waals surface area contributed by atoms with Crippen molar-refractivity contribution in [3.05, 3.63) is 58.6 Å². The number of hydrogen-bond acceptors (Lipinski definition) is 2. The molecule has 1 N–H and O–H groups in total. The lowest BCUT2D eigenvalue weighted by molar-refractivity contribution is -0.138. The second-order valence-electron chi connectivity index (χ2n) is 6.64. The van der Waals surface area contributed by atoms with Gasteiger partial charge in [-0.05, 0) is 36.4 Å². The molecule has 1 aliphatic heterocycles. The number of carbonyl (C=O) groups excluding carboxylic acids is 2. The summed E-state index contributed by atoms with van der Waals surface area (Å²) in [5.74, 6) is -2.24. The van der Waals surface area contributed by atoms with Crippen LogP contribution in [0.4, 0.5) is 37.7 Å². The second kappa shape index (κ2) is 7.82. The molecular weight excluding hydrogens is 438 g/mol. The summed E-state index contributed by atoms with van der Waals surface area (Å²) in [4.78, 5) is 25.7. The Labute approximate surface area is 171 Å². The van der Waals surface area contributed by atoms with E-state index in [1.165, 1.54) is 12.1 Å². The van der Waals surface area contributed by atoms with Crippen LogP contribution in [0.3, 0.4) is 0 Å². The molecule has 11 heteroatoms. The van der Waals surface area contributed by atoms with E-state index in [2.05, 4.69) is 5.32 Å². The normalized spacial score (nSPS) is 17.4. The van der Waals surface area contributed by atoms with Crippen LogP contribution in [0.2, 0.25) is 5.02 Å². The highest BCUT2D eigenvalue weighted by Crippen LogP contribution is 2.37. The molecule has 0 radical (unpaired) electrons. The van der Waals surface area contributed by atoms with Gasteiger partial charge in [0.05, 0.1) is 22.1 Å². The minimum atomic E-state index is -4.72. The molecule has 1 aliphatic rings. The number of alkyl halides is 6. The summed E-state index contributed by atoms with van der Waals surface area (Å²) in [6.07, 6.45) is -9.61. The van der Waals surface area contributed by atoms with Gasteiger partial charge in [0.15, 0.2) is 0 Å². The van der Waals surface area contributed by atoms with Gasteiger partial charge in [-0.25, -0.2) is 0 Å². The van der Waals surface area contributed by atoms with Crippen LogP contribution in [0, 0.1) is 5.92 Å². The van der Waals surface area contributed by atoms with Crippen molar-refractivity contribution in [3.8, 4) is 0 Å². The van der Waals surface area contributed by atoms with Gasteiger partial charge in [-0.3, -0.25) is 9.59 Å². The number of anilines is 2. The van der Waals surface area contributed by atoms with Crippen LogP contribution in [-0.4, -0.2) is 18.4 Å². The molecular formula is C19H13ClF6N2O2. The Hall–Kier alpha value is -2.75. The van der Waals surface area contributed by atoms with Crippen molar-refractivity contribution in [1.82, 2.24) is 0 Å². The molecule has 4 nitrogen and oxygen atoms in total. The summed E-state index contributed by atoms with van der Waals surface area (Å²) in [5, 5.41) is 1.76. The Morgan fingerprint density at radius 3 is 2.37 bits per heavy atom. The second-order valence-corrected chi connectivity index (χ2v) is 7.04. The Morgan fingerprint density at radius 2 is 1.73 bits per heavy atom. The van der Waals surface area contributed by atoms with E-state index in [9.17, 15) is 35.9 Å². The summed E-state index contributed by atoms with van der Waals surface area (Å²) < 4.78 is 77.5. The number of rotatable bonds is 3. The number of benzene rings is 2. The van der Waals surface area contributed by atoms with E-state index < -0.39 is 46.2 Å². The lowest BCUT2D eigenvalue weighted by Crippen LogP contribution is -2.28. The van der Waals surface area contributed by atoms with E-state index in [1.807, 2.05) is 0 Å². The van der Waals surface area contributed by atoms with E-state index in [0.717, 1.165) is 29.2 Å². The fraction of sp³-hybridized carbons (Fsp3) is 0.263. The molecule has 0 aliphatic carbocycles. The van der Waals surface area contributed by atoms with E-state index in [4.69, 9.17) is 11.6 Å². The van der Waals surface area contributed by atoms with Crippen LogP contribution in [0.5, 0.6) is 0 Å². The molecule has 160 valence electrons. The van der Waals surface area contributed by atoms with Gasteiger partial charge >= 0.3 is 12.4 Å². The first-order valence-corrected chi connectivity index (χ1v) is 8.89. The predicted molar refractivity (Wildman–Crippen MR) is 97.0 cm³/mol. The quantitative estimate of drug-likeness (QED) is 0.639. The van der Waals surface area contributed by atoms with Gasteiger partial charge in [0.1, 0.15) is 0 Å². The molecule has 3 rings (SSSR count). The topological polar surface area (TPSA) is 49.4 Å². The van der Waals surface area contributed by atoms with Gasteiger partial charge in [-0.1, -0.05) is 17.7 Å². The molecule has 2 amide bonds. The third-order valence-electron chi connectivity index (χ3n) is 4.52. The summed E-state index contributed by atoms with van der Waals surface area (Å²) in [7, 11) is 0. The number of hydrogen-bond donors (Lipinski definition) is 1. The number of nitrogens with one attached hydrogen (secondary N) is 1. The molecule has 0 aromatic heterocycles. The predicted octanol–water partition coefficient (Wildman–Crippen LogP) is 5.37. The minimum Gasteiger partial charge on any atom is -0.326 e. The van der Waals surface area contributed by atoms with Crippen molar-refractivity contribution in [2.24, 2.45) is 5.92 Å². The molecule has 2 aromatic carbocycles. The van der Waals surface area contributed by atoms with Crippen molar-refractivity contribution >= 4 is 34.8 Å². The fourth-order valence-corrected chi connectivity index (χ4v) is 3.27. The van der Waals surface area contributed by atoms with Gasteiger partial charge in [-0.2, -0.15) is 26.3 Å². The van der Waals surface area contributed by atoms with Crippen LogP contribution in [0.15, 0.2) is 42.5 Å². The molecule has 1 saturated heterocycles. The molecule has 1 atom stereocenters. The number of halogens is 7. The van der Waals surface area contributed by atoms with Crippen LogP contribution in [0.1, 0.15) is 17.5 Å². The third kappa shape index (κ3) is 4.69. The van der Waals surface area contributed by atoms with Crippen molar-refractivity contribution in [3.63, 3.8) is 0 Å². The van der Waals surface area contributed by atoms with Gasteiger partial charge in [0.25, 0.3) is 0 Å². The van der Waals surface area contributed by atoms with Crippen molar-refractivity contribution < 1.29 is 35.9 Å². The Balaban J connectivity index is 1.75. The lowest BCUT2D eigenvalue weighted by atomic mass is 10.1. The SMILES string of the molecule is O=C(Nc1ccc(Cl)c(C(F)(F)F)c1)[C@H]1CC(=O)N(c2cccc(C(F)(F)F)c2)C1. The van der Waals surface area contributed by atoms with Gasteiger partial charge in [0, 0.05) is 24.3 Å². The maximum absolute atomic E-state index is 12.9. The summed E-state index contributed by atoms with van der Waals surface area (Å²) in [5.41, 5.74) is -2.26. The number of nitrogens with zero attached hydrogens (tertiary/aromatic N) is 1. The van der Waals surface area contributed by atoms with E-state index in [0.29, 0.717) is 6.07 Å². The largest absolute Gasteiger partial charge is 0.417 e. The first kappa shape index (κ1) is 21.9. The monoisotopic (exact) mass is 450 g/mol.